The maximum atomic E-state index is 12.1. The predicted molar refractivity (Wildman–Crippen MR) is 74.5 cm³/mol. The Bertz CT molecular complexity index is 520. The molecule has 0 saturated heterocycles. The summed E-state index contributed by atoms with van der Waals surface area (Å²) < 4.78 is 41.8. The van der Waals surface area contributed by atoms with Crippen molar-refractivity contribution in [3.8, 4) is 11.5 Å². The molecule has 0 aromatic heterocycles. The molecule has 0 unspecified atom stereocenters. The summed E-state index contributed by atoms with van der Waals surface area (Å²) >= 11 is 0. The number of hydrogen-bond acceptors (Lipinski definition) is 6. The molecule has 20 heavy (non-hydrogen) atoms. The van der Waals surface area contributed by atoms with Crippen molar-refractivity contribution in [2.45, 2.75) is 11.4 Å². The van der Waals surface area contributed by atoms with Gasteiger partial charge in [0.2, 0.25) is 10.0 Å². The Balaban J connectivity index is 3.18. The van der Waals surface area contributed by atoms with E-state index in [4.69, 9.17) is 19.9 Å². The molecule has 0 aliphatic carbocycles. The minimum Gasteiger partial charge on any atom is -0.493 e. The van der Waals surface area contributed by atoms with Gasteiger partial charge in [0.25, 0.3) is 0 Å². The fraction of sp³-hybridized carbons (Fsp3) is 0.500. The molecule has 0 aliphatic heterocycles. The van der Waals surface area contributed by atoms with Crippen molar-refractivity contribution in [3.63, 3.8) is 0 Å². The Hall–Kier alpha value is -1.35. The molecule has 0 bridgehead atoms. The lowest BCUT2D eigenvalue weighted by molar-refractivity contribution is 0.204. The first-order valence-corrected chi connectivity index (χ1v) is 7.42. The molecule has 1 aromatic rings. The van der Waals surface area contributed by atoms with Gasteiger partial charge >= 0.3 is 0 Å². The number of benzene rings is 1. The van der Waals surface area contributed by atoms with Crippen molar-refractivity contribution < 1.29 is 22.6 Å². The number of methoxy groups -OCH3 is 3. The van der Waals surface area contributed by atoms with E-state index in [0.717, 1.165) is 0 Å². The van der Waals surface area contributed by atoms with Crippen LogP contribution in [0.15, 0.2) is 17.0 Å². The summed E-state index contributed by atoms with van der Waals surface area (Å²) in [5, 5.41) is 0. The lowest BCUT2D eigenvalue weighted by Crippen LogP contribution is -2.27. The molecular formula is C12H20N2O5S. The molecular weight excluding hydrogens is 284 g/mol. The molecule has 0 radical (unpaired) electrons. The molecule has 3 N–H and O–H groups in total. The minimum absolute atomic E-state index is 0.0757. The standard InChI is InChI=1S/C12H20N2O5S/c1-17-5-4-14-20(15,16)10-6-9(8-13)12(19-3)11(7-10)18-2/h6-7,14H,4-5,8,13H2,1-3H3. The first kappa shape index (κ1) is 16.7. The topological polar surface area (TPSA) is 99.9 Å². The van der Waals surface area contributed by atoms with E-state index in [1.807, 2.05) is 0 Å². The largest absolute Gasteiger partial charge is 0.493 e. The zero-order chi connectivity index (χ0) is 15.2. The van der Waals surface area contributed by atoms with Gasteiger partial charge in [0.15, 0.2) is 11.5 Å². The molecule has 0 saturated carbocycles. The average molecular weight is 304 g/mol. The summed E-state index contributed by atoms with van der Waals surface area (Å²) in [6, 6.07) is 2.86. The lowest BCUT2D eigenvalue weighted by Gasteiger charge is -2.14. The fourth-order valence-electron chi connectivity index (χ4n) is 1.68. The van der Waals surface area contributed by atoms with E-state index in [0.29, 0.717) is 17.1 Å². The number of sulfonamides is 1. The summed E-state index contributed by atoms with van der Waals surface area (Å²) in [5.74, 6) is 0.758. The third-order valence-corrected chi connectivity index (χ3v) is 4.10. The Kier molecular flexibility index (Phi) is 6.21. The quantitative estimate of drug-likeness (QED) is 0.660. The molecule has 0 fully saturated rings. The molecule has 1 aromatic carbocycles. The Morgan fingerprint density at radius 3 is 2.40 bits per heavy atom. The zero-order valence-electron chi connectivity index (χ0n) is 11.8. The first-order chi connectivity index (χ1) is 9.50. The van der Waals surface area contributed by atoms with Crippen LogP contribution in [-0.4, -0.2) is 42.9 Å². The number of nitrogens with two attached hydrogens (primary N) is 1. The molecule has 7 nitrogen and oxygen atoms in total. The van der Waals surface area contributed by atoms with Gasteiger partial charge in [0.05, 0.1) is 25.7 Å². The number of ether oxygens (including phenoxy) is 3. The van der Waals surface area contributed by atoms with Crippen LogP contribution in [0.4, 0.5) is 0 Å². The molecule has 0 atom stereocenters. The molecule has 8 heteroatoms. The van der Waals surface area contributed by atoms with Crippen molar-refractivity contribution >= 4 is 10.0 Å². The second kappa shape index (κ2) is 7.44. The maximum absolute atomic E-state index is 12.1. The van der Waals surface area contributed by atoms with Crippen LogP contribution in [0.5, 0.6) is 11.5 Å². The van der Waals surface area contributed by atoms with Crippen molar-refractivity contribution in [2.75, 3.05) is 34.5 Å². The van der Waals surface area contributed by atoms with E-state index >= 15 is 0 Å². The minimum atomic E-state index is -3.64. The normalized spacial score (nSPS) is 11.4. The summed E-state index contributed by atoms with van der Waals surface area (Å²) in [5.41, 5.74) is 6.17. The van der Waals surface area contributed by atoms with Gasteiger partial charge in [-0.3, -0.25) is 0 Å². The van der Waals surface area contributed by atoms with Crippen LogP contribution in [0.25, 0.3) is 0 Å². The van der Waals surface area contributed by atoms with Gasteiger partial charge in [-0.25, -0.2) is 13.1 Å². The first-order valence-electron chi connectivity index (χ1n) is 5.93. The van der Waals surface area contributed by atoms with Gasteiger partial charge in [-0.1, -0.05) is 0 Å². The highest BCUT2D eigenvalue weighted by Crippen LogP contribution is 2.33. The second-order valence-corrected chi connectivity index (χ2v) is 5.68. The van der Waals surface area contributed by atoms with E-state index in [1.54, 1.807) is 0 Å². The molecule has 0 heterocycles. The van der Waals surface area contributed by atoms with Crippen LogP contribution in [-0.2, 0) is 21.3 Å². The number of rotatable bonds is 8. The highest BCUT2D eigenvalue weighted by Gasteiger charge is 2.19. The maximum Gasteiger partial charge on any atom is 0.240 e. The van der Waals surface area contributed by atoms with Gasteiger partial charge in [0.1, 0.15) is 0 Å². The summed E-state index contributed by atoms with van der Waals surface area (Å²) in [4.78, 5) is 0.0757. The van der Waals surface area contributed by atoms with Crippen LogP contribution in [0, 0.1) is 0 Å². The fourth-order valence-corrected chi connectivity index (χ4v) is 2.76. The molecule has 0 spiro atoms. The van der Waals surface area contributed by atoms with Crippen LogP contribution in [0.3, 0.4) is 0 Å². The van der Waals surface area contributed by atoms with Gasteiger partial charge in [0, 0.05) is 31.8 Å². The Morgan fingerprint density at radius 2 is 1.90 bits per heavy atom. The highest BCUT2D eigenvalue weighted by atomic mass is 32.2. The van der Waals surface area contributed by atoms with Gasteiger partial charge in [-0.05, 0) is 6.07 Å². The van der Waals surface area contributed by atoms with Crippen LogP contribution >= 0.6 is 0 Å². The molecule has 1 rings (SSSR count). The smallest absolute Gasteiger partial charge is 0.240 e. The van der Waals surface area contributed by atoms with Crippen LogP contribution in [0.2, 0.25) is 0 Å². The van der Waals surface area contributed by atoms with E-state index in [2.05, 4.69) is 4.72 Å². The van der Waals surface area contributed by atoms with E-state index in [1.165, 1.54) is 33.5 Å². The van der Waals surface area contributed by atoms with Gasteiger partial charge < -0.3 is 19.9 Å². The summed E-state index contributed by atoms with van der Waals surface area (Å²) in [6.45, 7) is 0.613. The zero-order valence-corrected chi connectivity index (χ0v) is 12.6. The Labute approximate surface area is 119 Å². The molecule has 114 valence electrons. The van der Waals surface area contributed by atoms with Crippen LogP contribution in [0.1, 0.15) is 5.56 Å². The van der Waals surface area contributed by atoms with E-state index in [-0.39, 0.29) is 24.6 Å². The summed E-state index contributed by atoms with van der Waals surface area (Å²) in [7, 11) is 0.765. The van der Waals surface area contributed by atoms with E-state index < -0.39 is 10.0 Å². The van der Waals surface area contributed by atoms with Crippen molar-refractivity contribution in [1.29, 1.82) is 0 Å². The van der Waals surface area contributed by atoms with Crippen LogP contribution < -0.4 is 19.9 Å². The van der Waals surface area contributed by atoms with E-state index in [9.17, 15) is 8.42 Å². The van der Waals surface area contributed by atoms with Gasteiger partial charge in [-0.2, -0.15) is 0 Å². The monoisotopic (exact) mass is 304 g/mol. The van der Waals surface area contributed by atoms with Crippen molar-refractivity contribution in [3.05, 3.63) is 17.7 Å². The third kappa shape index (κ3) is 3.83. The molecule has 0 amide bonds. The average Bonchev–Trinajstić information content (AvgIpc) is 2.45. The SMILES string of the molecule is COCCNS(=O)(=O)c1cc(CN)c(OC)c(OC)c1. The highest BCUT2D eigenvalue weighted by molar-refractivity contribution is 7.89. The number of hydrogen-bond donors (Lipinski definition) is 2. The Morgan fingerprint density at radius 1 is 1.20 bits per heavy atom. The van der Waals surface area contributed by atoms with Crippen molar-refractivity contribution in [2.24, 2.45) is 5.73 Å². The van der Waals surface area contributed by atoms with Gasteiger partial charge in [-0.15, -0.1) is 0 Å². The third-order valence-electron chi connectivity index (χ3n) is 2.66. The number of nitrogens with one attached hydrogen (secondary N) is 1. The van der Waals surface area contributed by atoms with Crippen molar-refractivity contribution in [1.82, 2.24) is 4.72 Å². The predicted octanol–water partition coefficient (Wildman–Crippen LogP) is 0.0872. The molecule has 0 aliphatic rings. The summed E-state index contributed by atoms with van der Waals surface area (Å²) in [6.07, 6.45) is 0. The second-order valence-electron chi connectivity index (χ2n) is 3.91. The lowest BCUT2D eigenvalue weighted by atomic mass is 10.2.